The predicted molar refractivity (Wildman–Crippen MR) is 258 cm³/mol. The summed E-state index contributed by atoms with van der Waals surface area (Å²) in [5.74, 6) is 0.607. The lowest BCUT2D eigenvalue weighted by molar-refractivity contribution is -0.359. The highest BCUT2D eigenvalue weighted by Gasteiger charge is 2.57. The van der Waals surface area contributed by atoms with Crippen molar-refractivity contribution in [2.45, 2.75) is 105 Å². The number of aromatic nitrogens is 1. The average molecular weight is 827 g/mol. The number of nitrogens with zero attached hydrogens (tertiary/aromatic N) is 2. The molecule has 6 aromatic rings. The molecule has 1 aromatic heterocycles. The Morgan fingerprint density at radius 3 is 1.37 bits per heavy atom. The van der Waals surface area contributed by atoms with Gasteiger partial charge in [0.15, 0.2) is 11.4 Å². The van der Waals surface area contributed by atoms with E-state index in [2.05, 4.69) is 156 Å². The van der Waals surface area contributed by atoms with Crippen LogP contribution in [0.4, 0.5) is 8.63 Å². The van der Waals surface area contributed by atoms with Gasteiger partial charge in [-0.25, -0.2) is 0 Å². The number of fused-ring (bicyclic) bond motifs is 2. The Bertz CT molecular complexity index is 2770. The van der Waals surface area contributed by atoms with Gasteiger partial charge in [0.2, 0.25) is 0 Å². The van der Waals surface area contributed by atoms with Gasteiger partial charge < -0.3 is 22.3 Å². The summed E-state index contributed by atoms with van der Waals surface area (Å²) in [6.45, 7) is 21.6. The largest absolute Gasteiger partial charge is 0.737 e. The second-order valence-corrected chi connectivity index (χ2v) is 21.3. The molecule has 62 heavy (non-hydrogen) atoms. The lowest BCUT2D eigenvalue weighted by Gasteiger charge is -2.35. The number of benzene rings is 5. The molecule has 0 aliphatic carbocycles. The summed E-state index contributed by atoms with van der Waals surface area (Å²) in [5, 5.41) is 0. The molecule has 0 saturated heterocycles. The Balaban J connectivity index is 1.54. The number of ether oxygens (including phenoxy) is 1. The van der Waals surface area contributed by atoms with E-state index in [4.69, 9.17) is 4.74 Å². The normalized spacial score (nSPS) is 15.4. The zero-order valence-corrected chi connectivity index (χ0v) is 38.8. The van der Waals surface area contributed by atoms with E-state index in [0.29, 0.717) is 34.1 Å². The lowest BCUT2D eigenvalue weighted by atomic mass is 9.80. The topological polar surface area (TPSA) is 17.2 Å². The Morgan fingerprint density at radius 2 is 0.919 bits per heavy atom. The first-order valence-corrected chi connectivity index (χ1v) is 22.0. The van der Waals surface area contributed by atoms with E-state index in [1.165, 1.54) is 20.1 Å². The maximum absolute atomic E-state index is 18.9. The Morgan fingerprint density at radius 1 is 0.500 bits per heavy atom. The summed E-state index contributed by atoms with van der Waals surface area (Å²) in [4.78, 5) is 0. The lowest BCUT2D eigenvalue weighted by Crippen LogP contribution is -2.51. The summed E-state index contributed by atoms with van der Waals surface area (Å²) in [7, 11) is 1.65. The minimum Gasteiger partial charge on any atom is -0.496 e. The van der Waals surface area contributed by atoms with Gasteiger partial charge in [-0.2, -0.15) is 0 Å². The van der Waals surface area contributed by atoms with Crippen molar-refractivity contribution in [3.8, 4) is 28.1 Å². The zero-order chi connectivity index (χ0) is 44.7. The Labute approximate surface area is 368 Å². The highest BCUT2D eigenvalue weighted by atomic mass is 19.2. The van der Waals surface area contributed by atoms with Crippen LogP contribution in [-0.2, 0) is 21.7 Å². The van der Waals surface area contributed by atoms with Crippen LogP contribution in [-0.4, -0.2) is 28.8 Å². The molecule has 6 heteroatoms. The second-order valence-electron chi connectivity index (χ2n) is 21.3. The van der Waals surface area contributed by atoms with E-state index in [-0.39, 0.29) is 21.7 Å². The number of para-hydroxylation sites is 1. The molecular weight excluding hydrogens is 765 g/mol. The van der Waals surface area contributed by atoms with Crippen molar-refractivity contribution < 1.29 is 17.9 Å². The first kappa shape index (κ1) is 42.9. The third kappa shape index (κ3) is 7.50. The van der Waals surface area contributed by atoms with Crippen molar-refractivity contribution in [1.82, 2.24) is 4.48 Å². The molecule has 0 radical (unpaired) electrons. The number of hydrogen-bond donors (Lipinski definition) is 0. The molecule has 0 amide bonds. The molecule has 3 nitrogen and oxygen atoms in total. The van der Waals surface area contributed by atoms with Gasteiger partial charge >= 0.3 is 6.97 Å². The zero-order valence-electron chi connectivity index (χ0n) is 38.8. The van der Waals surface area contributed by atoms with Gasteiger partial charge in [-0.1, -0.05) is 186 Å². The van der Waals surface area contributed by atoms with Crippen LogP contribution in [0.3, 0.4) is 0 Å². The van der Waals surface area contributed by atoms with Crippen LogP contribution in [0, 0.1) is 0 Å². The summed E-state index contributed by atoms with van der Waals surface area (Å²) < 4.78 is 46.7. The quantitative estimate of drug-likeness (QED) is 0.153. The molecule has 0 saturated carbocycles. The molecule has 5 aromatic carbocycles. The maximum atomic E-state index is 18.9. The monoisotopic (exact) mass is 826 g/mol. The molecular formula is C56H61BF2N2O. The van der Waals surface area contributed by atoms with Crippen molar-refractivity contribution in [2.24, 2.45) is 0 Å². The van der Waals surface area contributed by atoms with E-state index in [1.807, 2.05) is 60.7 Å². The van der Waals surface area contributed by atoms with Crippen LogP contribution in [0.2, 0.25) is 0 Å². The van der Waals surface area contributed by atoms with E-state index in [1.54, 1.807) is 7.11 Å². The van der Waals surface area contributed by atoms with Gasteiger partial charge in [0.05, 0.1) is 18.3 Å². The van der Waals surface area contributed by atoms with Crippen LogP contribution < -0.4 is 4.74 Å². The highest BCUT2D eigenvalue weighted by Crippen LogP contribution is 2.52. The molecule has 0 spiro atoms. The van der Waals surface area contributed by atoms with Crippen LogP contribution in [0.15, 0.2) is 139 Å². The van der Waals surface area contributed by atoms with Gasteiger partial charge in [-0.15, -0.1) is 0 Å². The number of methoxy groups -OCH3 is 1. The number of allylic oxidation sites excluding steroid dienone is 2. The van der Waals surface area contributed by atoms with Crippen molar-refractivity contribution in [2.75, 3.05) is 7.11 Å². The van der Waals surface area contributed by atoms with Crippen LogP contribution in [0.5, 0.6) is 5.75 Å². The molecule has 0 bridgehead atoms. The number of hydrogen-bond acceptors (Lipinski definition) is 1. The van der Waals surface area contributed by atoms with E-state index in [9.17, 15) is 0 Å². The SMILES string of the molecule is COc1ccccc1C1=C2C(c3ccc(C(C)(C)C)cc3)=CC(c3ccc(C(C)(C)C)cc3)=[N+]2[B-](F)(F)n2c(-c3ccc(C(C)(C)C)cc3)cc(-c3ccc(C(C)(C)C)cc3)c21. The first-order valence-electron chi connectivity index (χ1n) is 22.0. The number of rotatable bonds is 6. The maximum Gasteiger partial charge on any atom is 0.737 e. The fourth-order valence-corrected chi connectivity index (χ4v) is 9.01. The summed E-state index contributed by atoms with van der Waals surface area (Å²) >= 11 is 0. The van der Waals surface area contributed by atoms with Gasteiger partial charge in [0, 0.05) is 34.2 Å². The first-order chi connectivity index (χ1) is 29.0. The second kappa shape index (κ2) is 15.0. The summed E-state index contributed by atoms with van der Waals surface area (Å²) in [6.07, 6.45) is 1.99. The molecule has 0 N–H and O–H groups in total. The van der Waals surface area contributed by atoms with Crippen molar-refractivity contribution in [3.63, 3.8) is 0 Å². The van der Waals surface area contributed by atoms with Crippen LogP contribution in [0.1, 0.15) is 128 Å². The van der Waals surface area contributed by atoms with Crippen molar-refractivity contribution in [3.05, 3.63) is 184 Å². The third-order valence-electron chi connectivity index (χ3n) is 12.8. The predicted octanol–water partition coefficient (Wildman–Crippen LogP) is 14.6. The molecule has 0 atom stereocenters. The van der Waals surface area contributed by atoms with Crippen molar-refractivity contribution in [1.29, 1.82) is 0 Å². The summed E-state index contributed by atoms with van der Waals surface area (Å²) in [5.41, 5.74) is 12.2. The molecule has 318 valence electrons. The van der Waals surface area contributed by atoms with E-state index in [0.717, 1.165) is 50.1 Å². The highest BCUT2D eigenvalue weighted by molar-refractivity contribution is 6.59. The van der Waals surface area contributed by atoms with Crippen LogP contribution >= 0.6 is 0 Å². The van der Waals surface area contributed by atoms with Gasteiger partial charge in [-0.3, -0.25) is 0 Å². The standard InChI is InChI=1S/C56H61BF2N2O/c1-53(2,3)40-26-18-36(19-27-40)45-34-47(38-22-30-42(31-23-38)55(7,8)9)60-51(45)50(44-16-14-15-17-49(44)62-13)52-46(37-20-28-41(29-21-37)54(4,5)6)35-48(61(52)57(60,58)59)39-24-32-43(33-25-39)56(10,11)12/h14-35H,1-13H3. The van der Waals surface area contributed by atoms with Crippen LogP contribution in [0.25, 0.3) is 33.5 Å². The number of halogens is 2. The Kier molecular flexibility index (Phi) is 10.4. The smallest absolute Gasteiger partial charge is 0.496 e. The molecule has 2 aliphatic heterocycles. The molecule has 3 heterocycles. The van der Waals surface area contributed by atoms with Gasteiger partial charge in [-0.05, 0) is 84.9 Å². The third-order valence-corrected chi connectivity index (χ3v) is 12.8. The molecule has 0 unspecified atom stereocenters. The van der Waals surface area contributed by atoms with E-state index < -0.39 is 6.97 Å². The minimum absolute atomic E-state index is 0.0801. The average Bonchev–Trinajstić information content (AvgIpc) is 3.82. The van der Waals surface area contributed by atoms with E-state index >= 15 is 8.63 Å². The van der Waals surface area contributed by atoms with Gasteiger partial charge in [0.25, 0.3) is 0 Å². The molecule has 0 fully saturated rings. The fourth-order valence-electron chi connectivity index (χ4n) is 9.01. The van der Waals surface area contributed by atoms with Crippen molar-refractivity contribution >= 4 is 23.8 Å². The fraction of sp³-hybridized carbons (Fsp3) is 0.304. The molecule has 8 rings (SSSR count). The van der Waals surface area contributed by atoms with Gasteiger partial charge in [0.1, 0.15) is 5.75 Å². The summed E-state index contributed by atoms with van der Waals surface area (Å²) in [6, 6.07) is 43.1. The minimum atomic E-state index is -4.54. The Hall–Kier alpha value is -5.75. The molecule has 2 aliphatic rings.